The van der Waals surface area contributed by atoms with Crippen molar-refractivity contribution in [2.75, 3.05) is 23.2 Å². The van der Waals surface area contributed by atoms with E-state index in [9.17, 15) is 15.2 Å². The van der Waals surface area contributed by atoms with E-state index in [1.807, 2.05) is 0 Å². The molecular formula is C22H20N8O5. The molecule has 0 aliphatic carbocycles. The van der Waals surface area contributed by atoms with Gasteiger partial charge in [0.1, 0.15) is 11.5 Å². The Balaban J connectivity index is 1.55. The first-order valence-electron chi connectivity index (χ1n) is 10.2. The molecule has 0 radical (unpaired) electrons. The lowest BCUT2D eigenvalue weighted by Crippen LogP contribution is -2.09. The second kappa shape index (κ2) is 10.6. The summed E-state index contributed by atoms with van der Waals surface area (Å²) in [5.74, 6) is 1.43. The zero-order valence-electron chi connectivity index (χ0n) is 18.4. The van der Waals surface area contributed by atoms with Crippen molar-refractivity contribution in [1.29, 1.82) is 0 Å². The molecule has 178 valence electrons. The lowest BCUT2D eigenvalue weighted by molar-refractivity contribution is -0.385. The molecule has 0 aliphatic heterocycles. The maximum absolute atomic E-state index is 11.0. The van der Waals surface area contributed by atoms with Gasteiger partial charge in [-0.05, 0) is 42.5 Å². The average molecular weight is 476 g/mol. The van der Waals surface area contributed by atoms with Crippen LogP contribution in [0.25, 0.3) is 0 Å². The van der Waals surface area contributed by atoms with Crippen LogP contribution in [0.15, 0.2) is 70.4 Å². The number of rotatable bonds is 10. The lowest BCUT2D eigenvalue weighted by Gasteiger charge is -2.10. The minimum Gasteiger partial charge on any atom is -0.502 e. The van der Waals surface area contributed by atoms with Crippen molar-refractivity contribution in [2.45, 2.75) is 6.54 Å². The van der Waals surface area contributed by atoms with Crippen LogP contribution in [-0.2, 0) is 6.54 Å². The second-order valence-corrected chi connectivity index (χ2v) is 6.93. The number of furan rings is 1. The van der Waals surface area contributed by atoms with Gasteiger partial charge in [0, 0.05) is 17.3 Å². The van der Waals surface area contributed by atoms with Gasteiger partial charge in [0.05, 0.1) is 31.1 Å². The number of phenols is 1. The molecule has 0 unspecified atom stereocenters. The van der Waals surface area contributed by atoms with Crippen molar-refractivity contribution in [2.24, 2.45) is 5.10 Å². The number of phenolic OH excluding ortho intramolecular Hbond substituents is 1. The van der Waals surface area contributed by atoms with Crippen LogP contribution < -0.4 is 20.8 Å². The number of nitrogens with zero attached hydrogens (tertiary/aromatic N) is 5. The van der Waals surface area contributed by atoms with Crippen LogP contribution >= 0.6 is 0 Å². The van der Waals surface area contributed by atoms with Gasteiger partial charge in [-0.3, -0.25) is 10.1 Å². The van der Waals surface area contributed by atoms with Crippen LogP contribution in [0.4, 0.5) is 29.2 Å². The average Bonchev–Trinajstić information content (AvgIpc) is 3.38. The highest BCUT2D eigenvalue weighted by Gasteiger charge is 2.15. The van der Waals surface area contributed by atoms with Gasteiger partial charge in [0.2, 0.25) is 23.6 Å². The van der Waals surface area contributed by atoms with Gasteiger partial charge in [-0.1, -0.05) is 6.07 Å². The van der Waals surface area contributed by atoms with E-state index in [1.165, 1.54) is 24.4 Å². The van der Waals surface area contributed by atoms with Crippen LogP contribution in [0.1, 0.15) is 11.3 Å². The molecule has 2 heterocycles. The summed E-state index contributed by atoms with van der Waals surface area (Å²) in [4.78, 5) is 23.2. The predicted molar refractivity (Wildman–Crippen MR) is 128 cm³/mol. The Bertz CT molecular complexity index is 1330. The Morgan fingerprint density at radius 1 is 1.09 bits per heavy atom. The number of hydrogen-bond donors (Lipinski definition) is 4. The number of aromatic nitrogens is 3. The van der Waals surface area contributed by atoms with E-state index >= 15 is 0 Å². The number of aromatic hydroxyl groups is 1. The number of nitro groups is 1. The maximum Gasteiger partial charge on any atom is 0.311 e. The van der Waals surface area contributed by atoms with Crippen LogP contribution in [0.2, 0.25) is 0 Å². The van der Waals surface area contributed by atoms with Gasteiger partial charge in [-0.2, -0.15) is 20.1 Å². The molecule has 4 aromatic rings. The molecule has 0 saturated carbocycles. The first-order valence-corrected chi connectivity index (χ1v) is 10.2. The van der Waals surface area contributed by atoms with Crippen molar-refractivity contribution in [3.05, 3.63) is 82.3 Å². The van der Waals surface area contributed by atoms with Crippen LogP contribution in [0.5, 0.6) is 11.5 Å². The number of anilines is 4. The fraction of sp³-hybridized carbons (Fsp3) is 0.0909. The lowest BCUT2D eigenvalue weighted by atomic mass is 10.2. The Kier molecular flexibility index (Phi) is 6.97. The molecule has 0 saturated heterocycles. The largest absolute Gasteiger partial charge is 0.502 e. The van der Waals surface area contributed by atoms with E-state index in [0.29, 0.717) is 23.7 Å². The Morgan fingerprint density at radius 3 is 2.57 bits per heavy atom. The number of hydrogen-bond acceptors (Lipinski definition) is 12. The van der Waals surface area contributed by atoms with Crippen LogP contribution in [0.3, 0.4) is 0 Å². The highest BCUT2D eigenvalue weighted by atomic mass is 16.6. The summed E-state index contributed by atoms with van der Waals surface area (Å²) in [5.41, 5.74) is 3.08. The van der Waals surface area contributed by atoms with Gasteiger partial charge >= 0.3 is 5.69 Å². The molecule has 0 aliphatic rings. The zero-order chi connectivity index (χ0) is 24.6. The summed E-state index contributed by atoms with van der Waals surface area (Å²) in [6, 6.07) is 14.9. The minimum absolute atomic E-state index is 0.0825. The third-order valence-corrected chi connectivity index (χ3v) is 4.59. The van der Waals surface area contributed by atoms with E-state index in [4.69, 9.17) is 9.15 Å². The highest BCUT2D eigenvalue weighted by Crippen LogP contribution is 2.28. The number of para-hydroxylation sites is 1. The van der Waals surface area contributed by atoms with E-state index in [1.54, 1.807) is 49.8 Å². The van der Waals surface area contributed by atoms with Crippen molar-refractivity contribution in [3.8, 4) is 11.5 Å². The molecule has 0 atom stereocenters. The first-order chi connectivity index (χ1) is 17.0. The summed E-state index contributed by atoms with van der Waals surface area (Å²) in [6.07, 6.45) is 2.78. The predicted octanol–water partition coefficient (Wildman–Crippen LogP) is 3.89. The number of nitro benzene ring substituents is 1. The Hall–Kier alpha value is -5.20. The van der Waals surface area contributed by atoms with Gasteiger partial charge in [0.15, 0.2) is 0 Å². The van der Waals surface area contributed by atoms with Crippen molar-refractivity contribution in [1.82, 2.24) is 15.0 Å². The molecular weight excluding hydrogens is 456 g/mol. The Morgan fingerprint density at radius 2 is 1.86 bits per heavy atom. The molecule has 13 heteroatoms. The van der Waals surface area contributed by atoms with E-state index in [2.05, 4.69) is 36.1 Å². The summed E-state index contributed by atoms with van der Waals surface area (Å²) in [5, 5.41) is 31.2. The monoisotopic (exact) mass is 476 g/mol. The normalized spacial score (nSPS) is 10.8. The standard InChI is InChI=1S/C22H20N8O5/c1-34-16-9-7-15(8-10-16)25-21-26-20(23-13-17-5-3-11-35-17)27-22(28-21)29-24-12-14-4-2-6-18(19(14)31)30(32)33/h2-12,31H,13H2,1H3,(H3,23,25,26,27,28,29)/b24-12-. The van der Waals surface area contributed by atoms with E-state index in [-0.39, 0.29) is 23.4 Å². The molecule has 0 fully saturated rings. The fourth-order valence-corrected chi connectivity index (χ4v) is 2.90. The van der Waals surface area contributed by atoms with Crippen LogP contribution in [-0.4, -0.2) is 38.3 Å². The molecule has 4 N–H and O–H groups in total. The molecule has 2 aromatic heterocycles. The molecule has 0 spiro atoms. The third kappa shape index (κ3) is 5.98. The van der Waals surface area contributed by atoms with Gasteiger partial charge in [0.25, 0.3) is 0 Å². The number of benzene rings is 2. The number of ether oxygens (including phenoxy) is 1. The van der Waals surface area contributed by atoms with Gasteiger partial charge in [-0.25, -0.2) is 5.43 Å². The van der Waals surface area contributed by atoms with Gasteiger partial charge < -0.3 is 24.9 Å². The topological polar surface area (TPSA) is 173 Å². The van der Waals surface area contributed by atoms with Crippen LogP contribution in [0, 0.1) is 10.1 Å². The van der Waals surface area contributed by atoms with Gasteiger partial charge in [-0.15, -0.1) is 0 Å². The summed E-state index contributed by atoms with van der Waals surface area (Å²) >= 11 is 0. The zero-order valence-corrected chi connectivity index (χ0v) is 18.4. The third-order valence-electron chi connectivity index (χ3n) is 4.59. The maximum atomic E-state index is 11.0. The summed E-state index contributed by atoms with van der Waals surface area (Å²) in [6.45, 7) is 0.337. The second-order valence-electron chi connectivity index (χ2n) is 6.93. The molecule has 4 rings (SSSR count). The summed E-state index contributed by atoms with van der Waals surface area (Å²) in [7, 11) is 1.58. The molecule has 13 nitrogen and oxygen atoms in total. The molecule has 0 bridgehead atoms. The van der Waals surface area contributed by atoms with Crippen molar-refractivity contribution in [3.63, 3.8) is 0 Å². The quantitative estimate of drug-likeness (QED) is 0.148. The molecule has 0 amide bonds. The first kappa shape index (κ1) is 23.0. The SMILES string of the molecule is COc1ccc(Nc2nc(NCc3ccco3)nc(N/N=C\c3cccc([N+](=O)[O-])c3O)n2)cc1. The number of hydrazone groups is 1. The fourth-order valence-electron chi connectivity index (χ4n) is 2.90. The highest BCUT2D eigenvalue weighted by molar-refractivity contribution is 5.85. The van der Waals surface area contributed by atoms with E-state index in [0.717, 1.165) is 0 Å². The summed E-state index contributed by atoms with van der Waals surface area (Å²) < 4.78 is 10.5. The van der Waals surface area contributed by atoms with Crippen molar-refractivity contribution < 1.29 is 19.2 Å². The van der Waals surface area contributed by atoms with E-state index < -0.39 is 16.4 Å². The van der Waals surface area contributed by atoms with Crippen molar-refractivity contribution >= 4 is 35.4 Å². The molecule has 2 aromatic carbocycles. The number of methoxy groups -OCH3 is 1. The smallest absolute Gasteiger partial charge is 0.311 e. The molecule has 35 heavy (non-hydrogen) atoms. The Labute approximate surface area is 198 Å². The number of nitrogens with one attached hydrogen (secondary N) is 3. The minimum atomic E-state index is -0.680.